The zero-order valence-electron chi connectivity index (χ0n) is 76.7. The summed E-state index contributed by atoms with van der Waals surface area (Å²) in [5, 5.41) is 8.07. The van der Waals surface area contributed by atoms with Gasteiger partial charge in [-0.25, -0.2) is 24.9 Å². The Hall–Kier alpha value is -15.2. The Kier molecular flexibility index (Phi) is 30.4. The number of aryl methyl sites for hydroxylation is 2. The summed E-state index contributed by atoms with van der Waals surface area (Å²) in [5.74, 6) is 7.32. The average Bonchev–Trinajstić information content (AvgIpc) is 1.54. The van der Waals surface area contributed by atoms with Gasteiger partial charge in [0.25, 0.3) is 8.32 Å². The number of rotatable bonds is 23. The first-order chi connectivity index (χ1) is 69.2. The Balaban J connectivity index is 0.000000112. The third-order valence-electron chi connectivity index (χ3n) is 23.6. The number of aromatic nitrogens is 10. The fourth-order valence-electron chi connectivity index (χ4n) is 17.0. The molecule has 16 aromatic carbocycles. The molecule has 0 aliphatic rings. The summed E-state index contributed by atoms with van der Waals surface area (Å²) in [6, 6.07) is 158. The third-order valence-corrected chi connectivity index (χ3v) is 31.1. The van der Waals surface area contributed by atoms with Crippen LogP contribution in [0.15, 0.2) is 480 Å². The van der Waals surface area contributed by atoms with Crippen molar-refractivity contribution in [2.24, 2.45) is 0 Å². The van der Waals surface area contributed by atoms with Crippen molar-refractivity contribution >= 4 is 163 Å². The fourth-order valence-corrected chi connectivity index (χ4v) is 24.3. The zero-order valence-corrected chi connectivity index (χ0v) is 85.8. The Morgan fingerprint density at radius 1 is 0.286 bits per heavy atom. The van der Waals surface area contributed by atoms with Gasteiger partial charge in [0, 0.05) is 50.9 Å². The molecular weight excluding hydrogens is 1860 g/mol. The van der Waals surface area contributed by atoms with Crippen LogP contribution in [0.5, 0.6) is 34.5 Å². The number of hydrogen-bond acceptors (Lipinski definition) is 14. The van der Waals surface area contributed by atoms with Crippen molar-refractivity contribution in [1.82, 2.24) is 48.6 Å². The van der Waals surface area contributed by atoms with Gasteiger partial charge in [0.1, 0.15) is 33.9 Å². The molecule has 667 valence electrons. The van der Waals surface area contributed by atoms with Crippen LogP contribution in [0.3, 0.4) is 0 Å². The van der Waals surface area contributed by atoms with Gasteiger partial charge in [0.05, 0.1) is 39.8 Å². The van der Waals surface area contributed by atoms with E-state index in [0.717, 1.165) is 188 Å². The van der Waals surface area contributed by atoms with Crippen molar-refractivity contribution in [2.45, 2.75) is 13.8 Å². The van der Waals surface area contributed by atoms with Crippen molar-refractivity contribution in [3.05, 3.63) is 491 Å². The van der Waals surface area contributed by atoms with Gasteiger partial charge in [-0.15, -0.1) is 0 Å². The quantitative estimate of drug-likeness (QED) is 0.0438. The van der Waals surface area contributed by atoms with Crippen LogP contribution < -0.4 is 38.0 Å². The second kappa shape index (κ2) is 45.4. The molecule has 0 aliphatic heterocycles. The monoisotopic (exact) mass is 1950 g/mol. The number of pyridine rings is 4. The van der Waals surface area contributed by atoms with E-state index >= 15 is 0 Å². The van der Waals surface area contributed by atoms with Crippen LogP contribution in [0, 0.1) is 13.8 Å². The van der Waals surface area contributed by atoms with E-state index in [4.69, 9.17) is 45.9 Å². The molecule has 7 heterocycles. The number of hydrogen-bond donors (Lipinski definition) is 0. The van der Waals surface area contributed by atoms with Gasteiger partial charge in [-0.05, 0) is 154 Å². The predicted molar refractivity (Wildman–Crippen MR) is 573 cm³/mol. The summed E-state index contributed by atoms with van der Waals surface area (Å²) in [4.78, 5) is 33.2. The molecule has 0 fully saturated rings. The molecular formula is C117H88Al4GaN10O7Si. The van der Waals surface area contributed by atoms with E-state index in [1.165, 1.54) is 65.3 Å². The van der Waals surface area contributed by atoms with Crippen LogP contribution >= 0.6 is 0 Å². The van der Waals surface area contributed by atoms with Gasteiger partial charge < -0.3 is 22.4 Å². The molecule has 0 aliphatic carbocycles. The van der Waals surface area contributed by atoms with Crippen LogP contribution in [0.25, 0.3) is 140 Å². The van der Waals surface area contributed by atoms with Crippen LogP contribution in [0.2, 0.25) is 0 Å². The van der Waals surface area contributed by atoms with E-state index in [1.807, 2.05) is 232 Å². The molecule has 23 heteroatoms. The molecule has 0 saturated heterocycles. The molecule has 0 saturated carbocycles. The van der Waals surface area contributed by atoms with Crippen LogP contribution in [0.1, 0.15) is 11.4 Å². The van der Waals surface area contributed by atoms with Crippen LogP contribution in [-0.4, -0.2) is 141 Å². The van der Waals surface area contributed by atoms with Gasteiger partial charge in [0.2, 0.25) is 0 Å². The molecule has 0 unspecified atom stereocenters. The van der Waals surface area contributed by atoms with Crippen molar-refractivity contribution < 1.29 is 25.9 Å². The number of nitrogens with zero attached hydrogens (tertiary/aromatic N) is 10. The van der Waals surface area contributed by atoms with Crippen LogP contribution in [-0.2, 0) is 3.48 Å². The molecule has 23 rings (SSSR count). The van der Waals surface area contributed by atoms with Crippen molar-refractivity contribution in [3.8, 4) is 119 Å². The first-order valence-electron chi connectivity index (χ1n) is 45.6. The maximum absolute atomic E-state index is 6.94. The first-order valence-corrected chi connectivity index (χ1v) is 51.7. The summed E-state index contributed by atoms with van der Waals surface area (Å²) in [7, 11) is -2.76. The normalized spacial score (nSPS) is 10.9. The Bertz CT molecular complexity index is 7870. The summed E-state index contributed by atoms with van der Waals surface area (Å²) < 4.78 is 48.5. The number of fused-ring (bicyclic) bond motifs is 5. The average molecular weight is 1950 g/mol. The minimum atomic E-state index is -2.76. The van der Waals surface area contributed by atoms with Gasteiger partial charge in [-0.2, -0.15) is 0 Å². The predicted octanol–water partition coefficient (Wildman–Crippen LogP) is 23.1. The Morgan fingerprint density at radius 2 is 0.657 bits per heavy atom. The zero-order chi connectivity index (χ0) is 95.2. The van der Waals surface area contributed by atoms with Gasteiger partial charge in [-0.1, -0.05) is 297 Å². The van der Waals surface area contributed by atoms with Gasteiger partial charge >= 0.3 is 209 Å². The van der Waals surface area contributed by atoms with Gasteiger partial charge in [0.15, 0.2) is 11.5 Å². The van der Waals surface area contributed by atoms with Crippen molar-refractivity contribution in [2.75, 3.05) is 0 Å². The molecule has 140 heavy (non-hydrogen) atoms. The standard InChI is InChI=1S/C27H20N2O.2C18H13N3O.C18H15OSi.C16H12O.2C10H9NO.4Al.Ga.3H/c30-24-19-11-10-18-23(24)27-28-25(20-12-4-1-5-13-20)26(21-14-6-2-7-15-21)29(27)22-16-8-3-9-17-22;2*22-16-11-5-4-9-14(16)17-20-15-10-6-12-19-18(15)21(17)13-7-2-1-3-8-13;19-20(16-10-4-1-5-11-16,17-12-6-2-7-13-17)18-14-8-3-9-15-18;17-16-9-8-14-10-13(6-7-15(14)11-16)12-4-2-1-3-5-12;2*1-7-5-6-8-3-2-4-9(12)10(8)11-7;;;;;;;;/h1-19,30H;2*1-12,22H;1-15H;1-11,17H;2*2-6,12H,1H3;;;;;;;;/q;;;-1;;;;2*+1;2*+2;+1;;;/p-6. The van der Waals surface area contributed by atoms with E-state index in [9.17, 15) is 0 Å². The van der Waals surface area contributed by atoms with E-state index < -0.39 is 40.1 Å². The van der Waals surface area contributed by atoms with E-state index in [0.29, 0.717) is 0 Å². The van der Waals surface area contributed by atoms with Crippen molar-refractivity contribution in [1.29, 1.82) is 0 Å². The topological polar surface area (TPSA) is 170 Å². The summed E-state index contributed by atoms with van der Waals surface area (Å²) in [6.07, 6.45) is 3.58. The first kappa shape index (κ1) is 93.8. The Morgan fingerprint density at radius 3 is 1.12 bits per heavy atom. The van der Waals surface area contributed by atoms with E-state index in [1.54, 1.807) is 12.4 Å². The third kappa shape index (κ3) is 21.2. The second-order valence-corrected chi connectivity index (χ2v) is 38.8. The minimum absolute atomic E-state index is 0.694. The fraction of sp³-hybridized carbons (Fsp3) is 0.0171. The molecule has 0 amide bonds. The van der Waals surface area contributed by atoms with Crippen molar-refractivity contribution in [3.63, 3.8) is 0 Å². The molecule has 17 nitrogen and oxygen atoms in total. The molecule has 5 radical (unpaired) electrons. The molecule has 7 aromatic heterocycles. The SMILES string of the molecule is Cc1ccc2cccc([O][Al][O][Si](c3ccccc3)(c3ccccc3)c3ccccc3)c2n1.Cc1ccc2cccc([O][Al][O]c3ccc4cc(-c5ccccc5)ccc4c3)c2n1.[AlH][O]c1ccccc1-c1nc(-c2ccccc2)c(-c2ccccc2)n1-c1ccccc1.[AlH][O]c1ccccc1-c1nc2cccnc2n1-c1ccccc1.[GaH][O]c1ccccc1-c1nc2cccnc2n1-c1ccccc1. The van der Waals surface area contributed by atoms with Gasteiger partial charge in [-0.3, -0.25) is 9.13 Å². The molecule has 0 bridgehead atoms. The molecule has 0 spiro atoms. The second-order valence-electron chi connectivity index (χ2n) is 32.5. The Labute approximate surface area is 853 Å². The summed E-state index contributed by atoms with van der Waals surface area (Å²) >= 11 is 2.20. The number of benzene rings is 16. The van der Waals surface area contributed by atoms with E-state index in [-0.39, 0.29) is 0 Å². The molecule has 0 N–H and O–H groups in total. The molecule has 23 aromatic rings. The van der Waals surface area contributed by atoms with Crippen LogP contribution in [0.4, 0.5) is 0 Å². The molecule has 0 atom stereocenters. The maximum atomic E-state index is 6.94. The van der Waals surface area contributed by atoms with E-state index in [2.05, 4.69) is 277 Å². The summed E-state index contributed by atoms with van der Waals surface area (Å²) in [6.45, 7) is 3.98. The number of para-hydroxylation sites is 8. The number of imidazole rings is 3. The summed E-state index contributed by atoms with van der Waals surface area (Å²) in [5.41, 5.74) is 19.7.